The molecule has 0 bridgehead atoms. The fourth-order valence-electron chi connectivity index (χ4n) is 2.00. The van der Waals surface area contributed by atoms with Crippen molar-refractivity contribution in [3.05, 3.63) is 66.7 Å². The van der Waals surface area contributed by atoms with Crippen molar-refractivity contribution in [2.45, 2.75) is 4.90 Å². The third-order valence-electron chi connectivity index (χ3n) is 3.05. The summed E-state index contributed by atoms with van der Waals surface area (Å²) in [5, 5.41) is 1.74. The molecular weight excluding hydrogens is 291 g/mol. The van der Waals surface area contributed by atoms with Crippen LogP contribution in [0.3, 0.4) is 0 Å². The first-order chi connectivity index (χ1) is 10.1. The minimum absolute atomic E-state index is 0.0809. The molecule has 0 spiro atoms. The Hall–Kier alpha value is -2.47. The molecule has 21 heavy (non-hydrogen) atoms. The molecule has 0 unspecified atom stereocenters. The highest BCUT2D eigenvalue weighted by Gasteiger charge is 2.16. The van der Waals surface area contributed by atoms with Crippen LogP contribution in [-0.4, -0.2) is 13.4 Å². The van der Waals surface area contributed by atoms with Gasteiger partial charge >= 0.3 is 0 Å². The lowest BCUT2D eigenvalue weighted by Gasteiger charge is -2.09. The summed E-state index contributed by atoms with van der Waals surface area (Å²) in [6.07, 6.45) is 2.28. The highest BCUT2D eigenvalue weighted by atomic mass is 32.2. The van der Waals surface area contributed by atoms with Crippen LogP contribution in [0.1, 0.15) is 0 Å². The maximum absolute atomic E-state index is 13.5. The molecule has 0 radical (unpaired) electrons. The van der Waals surface area contributed by atoms with Crippen molar-refractivity contribution in [2.24, 2.45) is 0 Å². The van der Waals surface area contributed by atoms with E-state index in [0.717, 1.165) is 17.0 Å². The van der Waals surface area contributed by atoms with Crippen LogP contribution in [0, 0.1) is 5.82 Å². The third-order valence-corrected chi connectivity index (χ3v) is 4.41. The molecule has 0 saturated heterocycles. The number of nitrogens with one attached hydrogen (secondary N) is 1. The maximum Gasteiger partial charge on any atom is 0.262 e. The van der Waals surface area contributed by atoms with Gasteiger partial charge in [-0.3, -0.25) is 9.71 Å². The highest BCUT2D eigenvalue weighted by Crippen LogP contribution is 2.22. The summed E-state index contributed by atoms with van der Waals surface area (Å²) >= 11 is 0. The largest absolute Gasteiger partial charge is 0.277 e. The average Bonchev–Trinajstić information content (AvgIpc) is 2.49. The molecule has 0 saturated carbocycles. The van der Waals surface area contributed by atoms with Crippen LogP contribution in [0.25, 0.3) is 10.8 Å². The Morgan fingerprint density at radius 2 is 1.76 bits per heavy atom. The van der Waals surface area contributed by atoms with Crippen molar-refractivity contribution in [3.63, 3.8) is 0 Å². The monoisotopic (exact) mass is 302 g/mol. The number of halogens is 1. The van der Waals surface area contributed by atoms with Crippen LogP contribution in [0.2, 0.25) is 0 Å². The maximum atomic E-state index is 13.5. The van der Waals surface area contributed by atoms with Crippen LogP contribution >= 0.6 is 0 Å². The van der Waals surface area contributed by atoms with E-state index in [-0.39, 0.29) is 10.6 Å². The van der Waals surface area contributed by atoms with Crippen LogP contribution in [-0.2, 0) is 10.0 Å². The number of fused-ring (bicyclic) bond motifs is 1. The molecule has 0 aliphatic heterocycles. The Morgan fingerprint density at radius 3 is 2.52 bits per heavy atom. The van der Waals surface area contributed by atoms with E-state index in [4.69, 9.17) is 0 Å². The summed E-state index contributed by atoms with van der Waals surface area (Å²) in [5.41, 5.74) is -0.127. The molecule has 3 rings (SSSR count). The quantitative estimate of drug-likeness (QED) is 0.808. The molecule has 0 amide bonds. The van der Waals surface area contributed by atoms with Crippen molar-refractivity contribution in [1.29, 1.82) is 0 Å². The second-order valence-electron chi connectivity index (χ2n) is 4.47. The standard InChI is InChI=1S/C15H11FN2O2S/c16-14-10-17-8-7-15(14)18-21(19,20)13-6-5-11-3-1-2-4-12(11)9-13/h1-10H,(H,17,18). The fraction of sp³-hybridized carbons (Fsp3) is 0. The van der Waals surface area contributed by atoms with Gasteiger partial charge in [0.05, 0.1) is 16.8 Å². The molecule has 0 aliphatic rings. The minimum Gasteiger partial charge on any atom is -0.277 e. The van der Waals surface area contributed by atoms with Gasteiger partial charge in [0.2, 0.25) is 0 Å². The number of benzene rings is 2. The van der Waals surface area contributed by atoms with E-state index >= 15 is 0 Å². The predicted octanol–water partition coefficient (Wildman–Crippen LogP) is 3.17. The van der Waals surface area contributed by atoms with Crippen LogP contribution in [0.4, 0.5) is 10.1 Å². The number of pyridine rings is 1. The normalized spacial score (nSPS) is 11.5. The Morgan fingerprint density at radius 1 is 1.00 bits per heavy atom. The van der Waals surface area contributed by atoms with E-state index in [1.54, 1.807) is 12.1 Å². The third kappa shape index (κ3) is 2.71. The number of anilines is 1. The van der Waals surface area contributed by atoms with Crippen LogP contribution < -0.4 is 4.72 Å². The SMILES string of the molecule is O=S(=O)(Nc1ccncc1F)c1ccc2ccccc2c1. The van der Waals surface area contributed by atoms with E-state index < -0.39 is 15.8 Å². The second kappa shape index (κ2) is 5.14. The number of rotatable bonds is 3. The number of hydrogen-bond acceptors (Lipinski definition) is 3. The van der Waals surface area contributed by atoms with E-state index in [9.17, 15) is 12.8 Å². The summed E-state index contributed by atoms with van der Waals surface area (Å²) in [6, 6.07) is 13.4. The molecule has 3 aromatic rings. The molecule has 4 nitrogen and oxygen atoms in total. The predicted molar refractivity (Wildman–Crippen MR) is 79.0 cm³/mol. The van der Waals surface area contributed by atoms with Gasteiger partial charge in [-0.1, -0.05) is 30.3 Å². The van der Waals surface area contributed by atoms with Gasteiger partial charge in [0.15, 0.2) is 5.82 Å². The van der Waals surface area contributed by atoms with Crippen LogP contribution in [0.15, 0.2) is 65.8 Å². The van der Waals surface area contributed by atoms with Gasteiger partial charge in [-0.2, -0.15) is 0 Å². The summed E-state index contributed by atoms with van der Waals surface area (Å²) in [6.45, 7) is 0. The molecule has 1 N–H and O–H groups in total. The van der Waals surface area contributed by atoms with Gasteiger partial charge in [-0.25, -0.2) is 12.8 Å². The zero-order valence-corrected chi connectivity index (χ0v) is 11.6. The molecule has 0 aliphatic carbocycles. The van der Waals surface area contributed by atoms with Crippen LogP contribution in [0.5, 0.6) is 0 Å². The van der Waals surface area contributed by atoms with E-state index in [2.05, 4.69) is 9.71 Å². The molecule has 1 aromatic heterocycles. The summed E-state index contributed by atoms with van der Waals surface area (Å²) in [5.74, 6) is -0.720. The van der Waals surface area contributed by atoms with E-state index in [0.29, 0.717) is 0 Å². The summed E-state index contributed by atoms with van der Waals surface area (Å²) in [4.78, 5) is 3.66. The molecular formula is C15H11FN2O2S. The zero-order chi connectivity index (χ0) is 14.9. The Balaban J connectivity index is 2.02. The van der Waals surface area contributed by atoms with Gasteiger partial charge in [-0.15, -0.1) is 0 Å². The first-order valence-corrected chi connectivity index (χ1v) is 7.66. The number of sulfonamides is 1. The van der Waals surface area contributed by atoms with Gasteiger partial charge in [0.1, 0.15) is 0 Å². The zero-order valence-electron chi connectivity index (χ0n) is 10.8. The first kappa shape index (κ1) is 13.5. The lowest BCUT2D eigenvalue weighted by molar-refractivity contribution is 0.598. The van der Waals surface area contributed by atoms with Gasteiger partial charge in [0.25, 0.3) is 10.0 Å². The smallest absolute Gasteiger partial charge is 0.262 e. The lowest BCUT2D eigenvalue weighted by Crippen LogP contribution is -2.14. The van der Waals surface area contributed by atoms with Gasteiger partial charge < -0.3 is 0 Å². The minimum atomic E-state index is -3.85. The van der Waals surface area contributed by atoms with E-state index in [1.807, 2.05) is 24.3 Å². The van der Waals surface area contributed by atoms with Crippen molar-refractivity contribution < 1.29 is 12.8 Å². The molecule has 0 fully saturated rings. The topological polar surface area (TPSA) is 59.1 Å². The number of hydrogen-bond donors (Lipinski definition) is 1. The molecule has 1 heterocycles. The number of nitrogens with zero attached hydrogens (tertiary/aromatic N) is 1. The highest BCUT2D eigenvalue weighted by molar-refractivity contribution is 7.92. The second-order valence-corrected chi connectivity index (χ2v) is 6.15. The molecule has 2 aromatic carbocycles. The van der Waals surface area contributed by atoms with Crippen molar-refractivity contribution in [1.82, 2.24) is 4.98 Å². The summed E-state index contributed by atoms with van der Waals surface area (Å²) in [7, 11) is -3.85. The summed E-state index contributed by atoms with van der Waals surface area (Å²) < 4.78 is 40.3. The van der Waals surface area contributed by atoms with Crippen molar-refractivity contribution in [3.8, 4) is 0 Å². The lowest BCUT2D eigenvalue weighted by atomic mass is 10.1. The van der Waals surface area contributed by atoms with Gasteiger partial charge in [-0.05, 0) is 29.0 Å². The Labute approximate surface area is 121 Å². The van der Waals surface area contributed by atoms with Gasteiger partial charge in [0, 0.05) is 6.20 Å². The van der Waals surface area contributed by atoms with Crippen molar-refractivity contribution >= 4 is 26.5 Å². The molecule has 6 heteroatoms. The Bertz CT molecular complexity index is 910. The van der Waals surface area contributed by atoms with E-state index in [1.165, 1.54) is 18.3 Å². The molecule has 106 valence electrons. The Kier molecular flexibility index (Phi) is 3.31. The first-order valence-electron chi connectivity index (χ1n) is 6.17. The average molecular weight is 302 g/mol. The number of aromatic nitrogens is 1. The van der Waals surface area contributed by atoms with Crippen molar-refractivity contribution in [2.75, 3.05) is 4.72 Å². The fourth-order valence-corrected chi connectivity index (χ4v) is 3.10. The molecule has 0 atom stereocenters.